The smallest absolute Gasteiger partial charge is 0.337 e. The van der Waals surface area contributed by atoms with Gasteiger partial charge in [-0.1, -0.05) is 23.9 Å². The van der Waals surface area contributed by atoms with Gasteiger partial charge in [-0.2, -0.15) is 0 Å². The summed E-state index contributed by atoms with van der Waals surface area (Å²) in [4.78, 5) is 18.7. The minimum atomic E-state index is -0.338. The first kappa shape index (κ1) is 15.7. The molecule has 25 heavy (non-hydrogen) atoms. The molecule has 0 bridgehead atoms. The molecule has 124 valence electrons. The highest BCUT2D eigenvalue weighted by Crippen LogP contribution is 2.42. The number of benzene rings is 2. The van der Waals surface area contributed by atoms with Gasteiger partial charge < -0.3 is 10.1 Å². The number of anilines is 1. The first-order chi connectivity index (χ1) is 12.2. The minimum absolute atomic E-state index is 0.338. The van der Waals surface area contributed by atoms with Crippen LogP contribution in [-0.4, -0.2) is 18.8 Å². The Kier molecular flexibility index (Phi) is 4.15. The zero-order chi connectivity index (χ0) is 17.2. The van der Waals surface area contributed by atoms with Gasteiger partial charge in [-0.05, 0) is 48.6 Å². The highest BCUT2D eigenvalue weighted by molar-refractivity contribution is 8.03. The number of hydrogen-bond donors (Lipinski definition) is 1. The number of aliphatic imine (C=N–C) groups is 1. The van der Waals surface area contributed by atoms with Crippen LogP contribution in [0.15, 0.2) is 81.2 Å². The van der Waals surface area contributed by atoms with Crippen LogP contribution < -0.4 is 5.32 Å². The SMILES string of the molecule is COC(=O)c1ccc(N=C2C=CC3=C(C2)Sc2ccccc2N3)cc1. The Hall–Kier alpha value is -2.79. The van der Waals surface area contributed by atoms with E-state index in [0.717, 1.165) is 29.2 Å². The molecule has 0 unspecified atom stereocenters. The summed E-state index contributed by atoms with van der Waals surface area (Å²) in [5, 5.41) is 3.48. The fourth-order valence-electron chi connectivity index (χ4n) is 2.76. The molecular weight excluding hydrogens is 332 g/mol. The lowest BCUT2D eigenvalue weighted by Crippen LogP contribution is -2.12. The van der Waals surface area contributed by atoms with E-state index in [4.69, 9.17) is 9.73 Å². The van der Waals surface area contributed by atoms with Crippen LogP contribution in [0.1, 0.15) is 16.8 Å². The van der Waals surface area contributed by atoms with Crippen molar-refractivity contribution in [2.75, 3.05) is 12.4 Å². The predicted octanol–water partition coefficient (Wildman–Crippen LogP) is 4.94. The van der Waals surface area contributed by atoms with Crippen molar-refractivity contribution in [3.63, 3.8) is 0 Å². The third-order valence-corrected chi connectivity index (χ3v) is 5.22. The van der Waals surface area contributed by atoms with Crippen molar-refractivity contribution in [3.05, 3.63) is 76.8 Å². The monoisotopic (exact) mass is 348 g/mol. The first-order valence-electron chi connectivity index (χ1n) is 7.94. The molecule has 2 aromatic rings. The van der Waals surface area contributed by atoms with Crippen LogP contribution in [0.25, 0.3) is 0 Å². The number of nitrogens with zero attached hydrogens (tertiary/aromatic N) is 1. The van der Waals surface area contributed by atoms with E-state index in [-0.39, 0.29) is 5.97 Å². The second-order valence-corrected chi connectivity index (χ2v) is 6.85. The summed E-state index contributed by atoms with van der Waals surface area (Å²) in [5.74, 6) is -0.338. The molecule has 0 amide bonds. The quantitative estimate of drug-likeness (QED) is 0.782. The van der Waals surface area contributed by atoms with Gasteiger partial charge in [0.25, 0.3) is 0 Å². The lowest BCUT2D eigenvalue weighted by Gasteiger charge is -2.24. The highest BCUT2D eigenvalue weighted by atomic mass is 32.2. The van der Waals surface area contributed by atoms with Crippen LogP contribution in [0.4, 0.5) is 11.4 Å². The fraction of sp³-hybridized carbons (Fsp3) is 0.100. The number of carbonyl (C=O) groups excluding carboxylic acids is 1. The summed E-state index contributed by atoms with van der Waals surface area (Å²) in [6, 6.07) is 15.4. The normalized spacial score (nSPS) is 16.9. The van der Waals surface area contributed by atoms with Gasteiger partial charge in [0.1, 0.15) is 0 Å². The standard InChI is InChI=1S/C20H16N2O2S/c1-24-20(23)13-6-8-14(9-7-13)21-15-10-11-17-19(12-15)25-18-5-3-2-4-16(18)22-17/h2-11,22H,12H2,1H3. The Morgan fingerprint density at radius 3 is 2.72 bits per heavy atom. The third kappa shape index (κ3) is 3.23. The summed E-state index contributed by atoms with van der Waals surface area (Å²) in [6.45, 7) is 0. The number of thioether (sulfide) groups is 1. The number of fused-ring (bicyclic) bond motifs is 1. The Balaban J connectivity index is 1.53. The van der Waals surface area contributed by atoms with Crippen molar-refractivity contribution in [1.82, 2.24) is 0 Å². The van der Waals surface area contributed by atoms with Crippen LogP contribution in [0.2, 0.25) is 0 Å². The van der Waals surface area contributed by atoms with Crippen molar-refractivity contribution in [2.24, 2.45) is 4.99 Å². The van der Waals surface area contributed by atoms with E-state index >= 15 is 0 Å². The van der Waals surface area contributed by atoms with Crippen molar-refractivity contribution in [1.29, 1.82) is 0 Å². The second-order valence-electron chi connectivity index (χ2n) is 5.71. The number of para-hydroxylation sites is 1. The van der Waals surface area contributed by atoms with Gasteiger partial charge in [-0.25, -0.2) is 4.79 Å². The molecule has 4 nitrogen and oxygen atoms in total. The molecule has 0 saturated heterocycles. The van der Waals surface area contributed by atoms with E-state index in [0.29, 0.717) is 5.56 Å². The maximum Gasteiger partial charge on any atom is 0.337 e. The number of carbonyl (C=O) groups is 1. The van der Waals surface area contributed by atoms with Crippen molar-refractivity contribution in [3.8, 4) is 0 Å². The average molecular weight is 348 g/mol. The number of methoxy groups -OCH3 is 1. The molecule has 0 aromatic heterocycles. The summed E-state index contributed by atoms with van der Waals surface area (Å²) in [6.07, 6.45) is 4.90. The summed E-state index contributed by atoms with van der Waals surface area (Å²) in [5.41, 5.74) is 4.64. The van der Waals surface area contributed by atoms with E-state index < -0.39 is 0 Å². The second kappa shape index (κ2) is 6.61. The minimum Gasteiger partial charge on any atom is -0.465 e. The zero-order valence-electron chi connectivity index (χ0n) is 13.7. The van der Waals surface area contributed by atoms with E-state index in [1.165, 1.54) is 16.9 Å². The predicted molar refractivity (Wildman–Crippen MR) is 102 cm³/mol. The zero-order valence-corrected chi connectivity index (χ0v) is 14.5. The Morgan fingerprint density at radius 1 is 1.12 bits per heavy atom. The molecule has 1 heterocycles. The molecule has 1 N–H and O–H groups in total. The van der Waals surface area contributed by atoms with E-state index in [2.05, 4.69) is 29.6 Å². The van der Waals surface area contributed by atoms with Gasteiger partial charge in [0.2, 0.25) is 0 Å². The largest absolute Gasteiger partial charge is 0.465 e. The molecule has 1 aliphatic heterocycles. The summed E-state index contributed by atoms with van der Waals surface area (Å²) in [7, 11) is 1.38. The lowest BCUT2D eigenvalue weighted by molar-refractivity contribution is 0.0601. The van der Waals surface area contributed by atoms with Gasteiger partial charge >= 0.3 is 5.97 Å². The highest BCUT2D eigenvalue weighted by Gasteiger charge is 2.20. The fourth-order valence-corrected chi connectivity index (χ4v) is 3.85. The van der Waals surface area contributed by atoms with E-state index in [1.54, 1.807) is 23.9 Å². The van der Waals surface area contributed by atoms with Crippen LogP contribution >= 0.6 is 11.8 Å². The Morgan fingerprint density at radius 2 is 1.92 bits per heavy atom. The van der Waals surface area contributed by atoms with Crippen molar-refractivity contribution < 1.29 is 9.53 Å². The molecule has 5 heteroatoms. The molecule has 0 atom stereocenters. The number of rotatable bonds is 2. The number of nitrogens with one attached hydrogen (secondary N) is 1. The molecule has 1 aliphatic carbocycles. The molecule has 2 aromatic carbocycles. The third-order valence-electron chi connectivity index (χ3n) is 4.04. The molecular formula is C20H16N2O2S. The van der Waals surface area contributed by atoms with Gasteiger partial charge in [0.15, 0.2) is 0 Å². The van der Waals surface area contributed by atoms with Gasteiger partial charge in [0, 0.05) is 27.6 Å². The molecule has 0 saturated carbocycles. The summed E-state index contributed by atoms with van der Waals surface area (Å²) < 4.78 is 4.71. The van der Waals surface area contributed by atoms with Crippen LogP contribution in [-0.2, 0) is 4.74 Å². The molecule has 0 fully saturated rings. The van der Waals surface area contributed by atoms with Gasteiger partial charge in [-0.3, -0.25) is 4.99 Å². The van der Waals surface area contributed by atoms with Crippen molar-refractivity contribution in [2.45, 2.75) is 11.3 Å². The Bertz CT molecular complexity index is 927. The molecule has 0 spiro atoms. The maximum absolute atomic E-state index is 11.5. The van der Waals surface area contributed by atoms with Crippen LogP contribution in [0.3, 0.4) is 0 Å². The lowest BCUT2D eigenvalue weighted by atomic mass is 10.1. The molecule has 0 radical (unpaired) electrons. The van der Waals surface area contributed by atoms with E-state index in [9.17, 15) is 4.79 Å². The topological polar surface area (TPSA) is 50.7 Å². The average Bonchev–Trinajstić information content (AvgIpc) is 2.66. The van der Waals surface area contributed by atoms with Gasteiger partial charge in [-0.15, -0.1) is 0 Å². The molecule has 4 rings (SSSR count). The van der Waals surface area contributed by atoms with Gasteiger partial charge in [0.05, 0.1) is 24.0 Å². The first-order valence-corrected chi connectivity index (χ1v) is 8.75. The Labute approximate surface area is 150 Å². The van der Waals surface area contributed by atoms with Crippen LogP contribution in [0.5, 0.6) is 0 Å². The van der Waals surface area contributed by atoms with E-state index in [1.807, 2.05) is 24.3 Å². The maximum atomic E-state index is 11.5. The van der Waals surface area contributed by atoms with Crippen molar-refractivity contribution >= 4 is 34.8 Å². The van der Waals surface area contributed by atoms with Crippen LogP contribution in [0, 0.1) is 0 Å². The number of allylic oxidation sites excluding steroid dienone is 3. The number of ether oxygens (including phenoxy) is 1. The number of esters is 1. The summed E-state index contributed by atoms with van der Waals surface area (Å²) >= 11 is 1.79. The molecule has 2 aliphatic rings. The number of hydrogen-bond acceptors (Lipinski definition) is 5.